The predicted molar refractivity (Wildman–Crippen MR) is 59.1 cm³/mol. The van der Waals surface area contributed by atoms with Crippen molar-refractivity contribution in [2.45, 2.75) is 5.38 Å². The number of nitrogens with zero attached hydrogens (tertiary/aromatic N) is 2. The third-order valence-electron chi connectivity index (χ3n) is 2.20. The molecule has 0 bridgehead atoms. The maximum absolute atomic E-state index is 13.0. The van der Waals surface area contributed by atoms with Gasteiger partial charge in [-0.05, 0) is 17.7 Å². The molecule has 0 saturated heterocycles. The first kappa shape index (κ1) is 13.9. The van der Waals surface area contributed by atoms with Crippen molar-refractivity contribution in [3.05, 3.63) is 33.6 Å². The summed E-state index contributed by atoms with van der Waals surface area (Å²) in [7, 11) is 0. The van der Waals surface area contributed by atoms with Crippen LogP contribution in [0, 0.1) is 10.1 Å². The van der Waals surface area contributed by atoms with Gasteiger partial charge >= 0.3 is 11.3 Å². The second-order valence-corrected chi connectivity index (χ2v) is 3.97. The maximum atomic E-state index is 13.0. The molecular weight excluding hydrogens is 304 g/mol. The maximum Gasteiger partial charge on any atom is 0.433 e. The van der Waals surface area contributed by atoms with Gasteiger partial charge < -0.3 is 14.7 Å². The Bertz CT molecular complexity index is 690. The Hall–Kier alpha value is -2.49. The van der Waals surface area contributed by atoms with E-state index in [9.17, 15) is 23.7 Å². The molecule has 11 heteroatoms. The van der Waals surface area contributed by atoms with E-state index in [-0.39, 0.29) is 5.76 Å². The highest BCUT2D eigenvalue weighted by Crippen LogP contribution is 2.39. The van der Waals surface area contributed by atoms with Crippen LogP contribution in [0.3, 0.4) is 0 Å². The van der Waals surface area contributed by atoms with Crippen molar-refractivity contribution in [3.8, 4) is 11.5 Å². The van der Waals surface area contributed by atoms with Gasteiger partial charge in [0.1, 0.15) is 10.5 Å². The van der Waals surface area contributed by atoms with Crippen LogP contribution in [0.1, 0.15) is 16.1 Å². The van der Waals surface area contributed by atoms with Gasteiger partial charge in [-0.15, -0.1) is 0 Å². The van der Waals surface area contributed by atoms with E-state index in [0.717, 1.165) is 12.1 Å². The lowest BCUT2D eigenvalue weighted by molar-refractivity contribution is -0.401. The fraction of sp³-hybridized carbons (Fsp3) is 0.111. The van der Waals surface area contributed by atoms with Crippen molar-refractivity contribution in [1.82, 2.24) is 5.16 Å². The minimum Gasteiger partial charge on any atom is -0.399 e. The van der Waals surface area contributed by atoms with Crippen molar-refractivity contribution in [3.63, 3.8) is 0 Å². The highest BCUT2D eigenvalue weighted by molar-refractivity contribution is 6.22. The van der Waals surface area contributed by atoms with E-state index in [0.29, 0.717) is 0 Å². The Labute approximate surface area is 113 Å². The first-order valence-corrected chi connectivity index (χ1v) is 5.21. The van der Waals surface area contributed by atoms with Crippen molar-refractivity contribution in [1.29, 1.82) is 0 Å². The van der Waals surface area contributed by atoms with Gasteiger partial charge in [0.25, 0.3) is 5.91 Å². The van der Waals surface area contributed by atoms with Gasteiger partial charge in [0, 0.05) is 0 Å². The zero-order chi connectivity index (χ0) is 15.1. The van der Waals surface area contributed by atoms with Gasteiger partial charge in [0.05, 0.1) is 6.07 Å². The minimum absolute atomic E-state index is 0.332. The van der Waals surface area contributed by atoms with Gasteiger partial charge in [-0.1, -0.05) is 5.16 Å². The lowest BCUT2D eigenvalue weighted by Crippen LogP contribution is -2.17. The Morgan fingerprint density at radius 2 is 2.15 bits per heavy atom. The number of carbonyl (C=O) groups is 1. The second kappa shape index (κ2) is 4.56. The van der Waals surface area contributed by atoms with Crippen molar-refractivity contribution in [2.75, 3.05) is 0 Å². The number of nitro groups is 1. The molecule has 0 spiro atoms. The van der Waals surface area contributed by atoms with E-state index >= 15 is 0 Å². The number of halogens is 3. The van der Waals surface area contributed by atoms with Crippen LogP contribution in [0.4, 0.5) is 14.7 Å². The van der Waals surface area contributed by atoms with Crippen LogP contribution in [-0.4, -0.2) is 16.0 Å². The van der Waals surface area contributed by atoms with Gasteiger partial charge in [-0.2, -0.15) is 8.78 Å². The molecule has 106 valence electrons. The molecule has 0 atom stereocenters. The summed E-state index contributed by atoms with van der Waals surface area (Å²) in [5, 5.41) is 9.63. The Morgan fingerprint density at radius 1 is 1.50 bits per heavy atom. The van der Waals surface area contributed by atoms with E-state index in [1.54, 1.807) is 0 Å². The fourth-order valence-electron chi connectivity index (χ4n) is 1.43. The monoisotopic (exact) mass is 307 g/mol. The van der Waals surface area contributed by atoms with Crippen LogP contribution in [-0.2, 0) is 5.38 Å². The third kappa shape index (κ3) is 2.32. The number of hydrogen-bond donors (Lipinski definition) is 1. The van der Waals surface area contributed by atoms with Crippen LogP contribution in [0.5, 0.6) is 0 Å². The molecule has 0 aromatic carbocycles. The van der Waals surface area contributed by atoms with Gasteiger partial charge in [0.2, 0.25) is 5.76 Å². The molecule has 0 aliphatic heterocycles. The smallest absolute Gasteiger partial charge is 0.399 e. The molecule has 8 nitrogen and oxygen atoms in total. The molecule has 1 amide bonds. The quantitative estimate of drug-likeness (QED) is 0.524. The number of alkyl halides is 3. The van der Waals surface area contributed by atoms with Crippen LogP contribution in [0.25, 0.3) is 11.5 Å². The Morgan fingerprint density at radius 3 is 2.60 bits per heavy atom. The third-order valence-corrected chi connectivity index (χ3v) is 2.37. The highest BCUT2D eigenvalue weighted by Gasteiger charge is 2.41. The van der Waals surface area contributed by atoms with Crippen molar-refractivity contribution in [2.24, 2.45) is 5.73 Å². The topological polar surface area (TPSA) is 125 Å². The molecule has 2 rings (SSSR count). The Balaban J connectivity index is 2.60. The summed E-state index contributed by atoms with van der Waals surface area (Å²) in [5.41, 5.74) is 3.64. The number of rotatable bonds is 4. The van der Waals surface area contributed by atoms with Crippen molar-refractivity contribution >= 4 is 23.4 Å². The van der Waals surface area contributed by atoms with E-state index in [1.807, 2.05) is 0 Å². The molecule has 0 saturated carbocycles. The molecular formula is C9H4ClF2N3O5. The molecule has 0 aliphatic rings. The number of primary amides is 1. The average Bonchev–Trinajstić information content (AvgIpc) is 2.94. The number of nitrogens with two attached hydrogens (primary N) is 1. The van der Waals surface area contributed by atoms with Crippen LogP contribution >= 0.6 is 11.6 Å². The van der Waals surface area contributed by atoms with Crippen molar-refractivity contribution < 1.29 is 27.4 Å². The second-order valence-electron chi connectivity index (χ2n) is 3.49. The van der Waals surface area contributed by atoms with E-state index in [2.05, 4.69) is 9.68 Å². The SMILES string of the molecule is NC(=O)c1c(-c2ccc([N+](=O)[O-])o2)noc1C(F)(F)Cl. The number of hydrogen-bond acceptors (Lipinski definition) is 6. The summed E-state index contributed by atoms with van der Waals surface area (Å²) in [6, 6.07) is 2.01. The molecule has 2 N–H and O–H groups in total. The molecule has 0 aliphatic carbocycles. The van der Waals surface area contributed by atoms with Gasteiger partial charge in [-0.25, -0.2) is 0 Å². The van der Waals surface area contributed by atoms with E-state index in [4.69, 9.17) is 21.8 Å². The number of aromatic nitrogens is 1. The molecule has 2 aromatic rings. The van der Waals surface area contributed by atoms with Gasteiger partial charge in [-0.3, -0.25) is 14.9 Å². The molecule has 0 unspecified atom stereocenters. The molecule has 2 aromatic heterocycles. The number of amides is 1. The average molecular weight is 308 g/mol. The molecule has 20 heavy (non-hydrogen) atoms. The molecule has 0 radical (unpaired) electrons. The zero-order valence-corrected chi connectivity index (χ0v) is 10.1. The summed E-state index contributed by atoms with van der Waals surface area (Å²) in [5.74, 6) is -3.56. The van der Waals surface area contributed by atoms with Crippen LogP contribution in [0.15, 0.2) is 21.1 Å². The number of carbonyl (C=O) groups excluding carboxylic acids is 1. The lowest BCUT2D eigenvalue weighted by Gasteiger charge is -2.03. The molecule has 2 heterocycles. The standard InChI is InChI=1S/C9H4ClF2N3O5/c10-9(11,12)7-5(8(13)16)6(14-20-7)3-1-2-4(19-3)15(17)18/h1-2H,(H2,13,16). The van der Waals surface area contributed by atoms with E-state index in [1.165, 1.54) is 0 Å². The summed E-state index contributed by atoms with van der Waals surface area (Å²) in [4.78, 5) is 20.8. The summed E-state index contributed by atoms with van der Waals surface area (Å²) in [6.07, 6.45) is 0. The first-order chi connectivity index (χ1) is 9.21. The summed E-state index contributed by atoms with van der Waals surface area (Å²) >= 11 is 4.75. The zero-order valence-electron chi connectivity index (χ0n) is 9.30. The van der Waals surface area contributed by atoms with E-state index < -0.39 is 39.1 Å². The molecule has 0 fully saturated rings. The van der Waals surface area contributed by atoms with Gasteiger partial charge in [0.15, 0.2) is 11.5 Å². The fourth-order valence-corrected chi connectivity index (χ4v) is 1.56. The van der Waals surface area contributed by atoms with Crippen LogP contribution in [0.2, 0.25) is 0 Å². The number of furan rings is 1. The first-order valence-electron chi connectivity index (χ1n) is 4.83. The van der Waals surface area contributed by atoms with Crippen LogP contribution < -0.4 is 5.73 Å². The summed E-state index contributed by atoms with van der Waals surface area (Å²) < 4.78 is 35.1. The predicted octanol–water partition coefficient (Wildman–Crippen LogP) is 2.23. The Kier molecular flexibility index (Phi) is 3.18. The largest absolute Gasteiger partial charge is 0.433 e. The summed E-state index contributed by atoms with van der Waals surface area (Å²) in [6.45, 7) is 0. The normalized spacial score (nSPS) is 11.6. The minimum atomic E-state index is -4.02. The lowest BCUT2D eigenvalue weighted by atomic mass is 10.1. The highest BCUT2D eigenvalue weighted by atomic mass is 35.5.